The second kappa shape index (κ2) is 11.2. The van der Waals surface area contributed by atoms with Crippen molar-refractivity contribution in [1.29, 1.82) is 0 Å². The van der Waals surface area contributed by atoms with E-state index in [4.69, 9.17) is 4.74 Å². The van der Waals surface area contributed by atoms with Crippen LogP contribution in [0.15, 0.2) is 71.6 Å². The van der Waals surface area contributed by atoms with Crippen LogP contribution in [0.1, 0.15) is 27.0 Å². The van der Waals surface area contributed by atoms with E-state index in [9.17, 15) is 21.6 Å². The molecule has 1 fully saturated rings. The highest BCUT2D eigenvalue weighted by Crippen LogP contribution is 2.26. The standard InChI is InChI=1S/C27H31N3O6S2/c1-20-4-5-21(2)26(18-20)30(37(3,32)33)19-22-6-8-23(9-7-22)27(31)28-24-10-12-25(13-11-24)38(34,35)29-14-16-36-17-15-29/h4-13,18H,14-17,19H2,1-3H3,(H,28,31). The number of sulfonamides is 2. The molecule has 1 saturated heterocycles. The number of carbonyl (C=O) groups excluding carboxylic acids is 1. The zero-order chi connectivity index (χ0) is 27.5. The van der Waals surface area contributed by atoms with Crippen LogP contribution in [0.2, 0.25) is 0 Å². The van der Waals surface area contributed by atoms with Crippen LogP contribution in [0, 0.1) is 13.8 Å². The third-order valence-corrected chi connectivity index (χ3v) is 9.34. The normalized spacial score (nSPS) is 14.7. The first kappa shape index (κ1) is 27.8. The summed E-state index contributed by atoms with van der Waals surface area (Å²) >= 11 is 0. The molecule has 0 bridgehead atoms. The van der Waals surface area contributed by atoms with Gasteiger partial charge in [0.25, 0.3) is 5.91 Å². The molecule has 0 spiro atoms. The van der Waals surface area contributed by atoms with Crippen LogP contribution >= 0.6 is 0 Å². The molecule has 4 rings (SSSR count). The first-order valence-electron chi connectivity index (χ1n) is 12.1. The number of anilines is 2. The fourth-order valence-corrected chi connectivity index (χ4v) is 6.49. The molecule has 0 unspecified atom stereocenters. The molecule has 9 nitrogen and oxygen atoms in total. The van der Waals surface area contributed by atoms with Gasteiger partial charge in [-0.15, -0.1) is 0 Å². The first-order chi connectivity index (χ1) is 17.9. The van der Waals surface area contributed by atoms with Gasteiger partial charge < -0.3 is 10.1 Å². The van der Waals surface area contributed by atoms with Crippen LogP contribution in [0.3, 0.4) is 0 Å². The zero-order valence-corrected chi connectivity index (χ0v) is 23.2. The quantitative estimate of drug-likeness (QED) is 0.453. The van der Waals surface area contributed by atoms with Crippen molar-refractivity contribution in [3.8, 4) is 0 Å². The van der Waals surface area contributed by atoms with E-state index in [1.165, 1.54) is 27.0 Å². The van der Waals surface area contributed by atoms with Gasteiger partial charge in [-0.25, -0.2) is 16.8 Å². The molecule has 1 aliphatic heterocycles. The van der Waals surface area contributed by atoms with Crippen LogP contribution in [-0.2, 0) is 31.3 Å². The van der Waals surface area contributed by atoms with Crippen molar-refractivity contribution in [2.24, 2.45) is 0 Å². The number of nitrogens with one attached hydrogen (secondary N) is 1. The first-order valence-corrected chi connectivity index (χ1v) is 15.4. The Morgan fingerprint density at radius 1 is 0.921 bits per heavy atom. The van der Waals surface area contributed by atoms with Crippen LogP contribution in [-0.4, -0.2) is 59.6 Å². The SMILES string of the molecule is Cc1ccc(C)c(N(Cc2ccc(C(=O)Nc3ccc(S(=O)(=O)N4CCOCC4)cc3)cc2)S(C)(=O)=O)c1. The number of aryl methyl sites for hydroxylation is 2. The molecule has 1 amide bonds. The Morgan fingerprint density at radius 3 is 2.16 bits per heavy atom. The number of nitrogens with zero attached hydrogens (tertiary/aromatic N) is 2. The number of ether oxygens (including phenoxy) is 1. The summed E-state index contributed by atoms with van der Waals surface area (Å²) in [6.07, 6.45) is 1.17. The lowest BCUT2D eigenvalue weighted by molar-refractivity contribution is 0.0730. The molecule has 3 aromatic rings. The van der Waals surface area contributed by atoms with Crippen molar-refractivity contribution in [2.75, 3.05) is 42.2 Å². The lowest BCUT2D eigenvalue weighted by atomic mass is 10.1. The molecule has 3 aromatic carbocycles. The van der Waals surface area contributed by atoms with E-state index in [1.54, 1.807) is 36.4 Å². The van der Waals surface area contributed by atoms with Crippen molar-refractivity contribution in [3.05, 3.63) is 89.0 Å². The van der Waals surface area contributed by atoms with Crippen LogP contribution < -0.4 is 9.62 Å². The lowest BCUT2D eigenvalue weighted by Gasteiger charge is -2.26. The average molecular weight is 558 g/mol. The molecule has 1 N–H and O–H groups in total. The molecule has 0 atom stereocenters. The average Bonchev–Trinajstić information content (AvgIpc) is 2.89. The van der Waals surface area contributed by atoms with E-state index in [0.29, 0.717) is 43.2 Å². The molecule has 11 heteroatoms. The van der Waals surface area contributed by atoms with Gasteiger partial charge in [0, 0.05) is 24.3 Å². The predicted octanol–water partition coefficient (Wildman–Crippen LogP) is 3.54. The maximum Gasteiger partial charge on any atom is 0.255 e. The number of amides is 1. The minimum Gasteiger partial charge on any atom is -0.379 e. The van der Waals surface area contributed by atoms with E-state index >= 15 is 0 Å². The molecule has 0 aliphatic carbocycles. The van der Waals surface area contributed by atoms with Gasteiger partial charge in [-0.2, -0.15) is 4.31 Å². The molecule has 0 aromatic heterocycles. The van der Waals surface area contributed by atoms with E-state index in [0.717, 1.165) is 16.7 Å². The van der Waals surface area contributed by atoms with Gasteiger partial charge in [0.15, 0.2) is 0 Å². The highest BCUT2D eigenvalue weighted by molar-refractivity contribution is 7.92. The predicted molar refractivity (Wildman–Crippen MR) is 147 cm³/mol. The Balaban J connectivity index is 1.44. The van der Waals surface area contributed by atoms with Crippen molar-refractivity contribution in [2.45, 2.75) is 25.3 Å². The summed E-state index contributed by atoms with van der Waals surface area (Å²) in [4.78, 5) is 12.9. The van der Waals surface area contributed by atoms with E-state index < -0.39 is 20.0 Å². The third-order valence-electron chi connectivity index (χ3n) is 6.30. The maximum atomic E-state index is 12.8. The summed E-state index contributed by atoms with van der Waals surface area (Å²) in [7, 11) is -7.16. The largest absolute Gasteiger partial charge is 0.379 e. The molecule has 38 heavy (non-hydrogen) atoms. The summed E-state index contributed by atoms with van der Waals surface area (Å²) in [5, 5.41) is 2.77. The van der Waals surface area contributed by atoms with Gasteiger partial charge in [-0.3, -0.25) is 9.10 Å². The fraction of sp³-hybridized carbons (Fsp3) is 0.296. The highest BCUT2D eigenvalue weighted by atomic mass is 32.2. The molecule has 202 valence electrons. The molecule has 0 radical (unpaired) electrons. The van der Waals surface area contributed by atoms with Crippen LogP contribution in [0.25, 0.3) is 0 Å². The van der Waals surface area contributed by atoms with Crippen molar-refractivity contribution in [1.82, 2.24) is 4.31 Å². The summed E-state index contributed by atoms with van der Waals surface area (Å²) in [6, 6.07) is 18.4. The third kappa shape index (κ3) is 6.41. The molecular formula is C27H31N3O6S2. The smallest absolute Gasteiger partial charge is 0.255 e. The Hall–Kier alpha value is -3.25. The monoisotopic (exact) mass is 557 g/mol. The second-order valence-corrected chi connectivity index (χ2v) is 13.1. The van der Waals surface area contributed by atoms with E-state index in [1.807, 2.05) is 32.0 Å². The van der Waals surface area contributed by atoms with Crippen LogP contribution in [0.5, 0.6) is 0 Å². The Kier molecular flexibility index (Phi) is 8.22. The van der Waals surface area contributed by atoms with Gasteiger partial charge in [0.05, 0.1) is 36.6 Å². The summed E-state index contributed by atoms with van der Waals surface area (Å²) < 4.78 is 58.7. The van der Waals surface area contributed by atoms with Gasteiger partial charge in [0.1, 0.15) is 0 Å². The fourth-order valence-electron chi connectivity index (χ4n) is 4.15. The van der Waals surface area contributed by atoms with Crippen molar-refractivity contribution in [3.63, 3.8) is 0 Å². The number of hydrogen-bond donors (Lipinski definition) is 1. The summed E-state index contributed by atoms with van der Waals surface area (Å²) in [5.74, 6) is -0.366. The van der Waals surface area contributed by atoms with Gasteiger partial charge in [-0.1, -0.05) is 24.3 Å². The topological polar surface area (TPSA) is 113 Å². The lowest BCUT2D eigenvalue weighted by Crippen LogP contribution is -2.40. The van der Waals surface area contributed by atoms with Gasteiger partial charge >= 0.3 is 0 Å². The van der Waals surface area contributed by atoms with E-state index in [2.05, 4.69) is 5.32 Å². The number of carbonyl (C=O) groups is 1. The summed E-state index contributed by atoms with van der Waals surface area (Å²) in [5.41, 5.74) is 3.99. The zero-order valence-electron chi connectivity index (χ0n) is 21.5. The van der Waals surface area contributed by atoms with Crippen LogP contribution in [0.4, 0.5) is 11.4 Å². The Labute approximate surface area is 224 Å². The highest BCUT2D eigenvalue weighted by Gasteiger charge is 2.26. The number of benzene rings is 3. The van der Waals surface area contributed by atoms with Crippen molar-refractivity contribution < 1.29 is 26.4 Å². The molecule has 1 heterocycles. The maximum absolute atomic E-state index is 12.8. The summed E-state index contributed by atoms with van der Waals surface area (Å²) in [6.45, 7) is 5.25. The number of morpholine rings is 1. The Morgan fingerprint density at radius 2 is 1.55 bits per heavy atom. The molecular weight excluding hydrogens is 526 g/mol. The number of hydrogen-bond acceptors (Lipinski definition) is 6. The minimum absolute atomic E-state index is 0.129. The van der Waals surface area contributed by atoms with Gasteiger partial charge in [-0.05, 0) is 73.0 Å². The molecule has 0 saturated carbocycles. The Bertz CT molecular complexity index is 1510. The minimum atomic E-state index is -3.62. The van der Waals surface area contributed by atoms with Crippen molar-refractivity contribution >= 4 is 37.3 Å². The number of rotatable bonds is 8. The van der Waals surface area contributed by atoms with E-state index in [-0.39, 0.29) is 17.3 Å². The molecule has 1 aliphatic rings. The van der Waals surface area contributed by atoms with Gasteiger partial charge in [0.2, 0.25) is 20.0 Å². The second-order valence-electron chi connectivity index (χ2n) is 9.25.